The summed E-state index contributed by atoms with van der Waals surface area (Å²) in [6.45, 7) is 4.88. The zero-order valence-electron chi connectivity index (χ0n) is 16.0. The number of nitrogens with one attached hydrogen (secondary N) is 1. The Morgan fingerprint density at radius 3 is 2.72 bits per heavy atom. The van der Waals surface area contributed by atoms with Gasteiger partial charge in [0.2, 0.25) is 0 Å². The molecule has 1 N–H and O–H groups in total. The number of carbonyl (C=O) groups is 1. The van der Waals surface area contributed by atoms with E-state index in [2.05, 4.69) is 50.4 Å². The number of pyridine rings is 1. The highest BCUT2D eigenvalue weighted by atomic mass is 35.5. The molecule has 3 aromatic rings. The second-order valence-electron chi connectivity index (χ2n) is 7.28. The molecular weight excluding hydrogens is 388 g/mol. The maximum absolute atomic E-state index is 11.5. The Hall–Kier alpha value is -2.83. The van der Waals surface area contributed by atoms with Crippen molar-refractivity contribution >= 4 is 40.6 Å². The van der Waals surface area contributed by atoms with Crippen LogP contribution in [0.15, 0.2) is 54.7 Å². The van der Waals surface area contributed by atoms with Gasteiger partial charge in [-0.15, -0.1) is 12.4 Å². The highest BCUT2D eigenvalue weighted by molar-refractivity contribution is 5.95. The lowest BCUT2D eigenvalue weighted by Gasteiger charge is -2.36. The van der Waals surface area contributed by atoms with Crippen LogP contribution in [0.25, 0.3) is 10.9 Å². The van der Waals surface area contributed by atoms with Crippen molar-refractivity contribution in [1.82, 2.24) is 9.88 Å². The van der Waals surface area contributed by atoms with Crippen LogP contribution in [0, 0.1) is 0 Å². The molecule has 2 aromatic carbocycles. The van der Waals surface area contributed by atoms with Crippen LogP contribution in [0.4, 0.5) is 11.4 Å². The van der Waals surface area contributed by atoms with E-state index in [4.69, 9.17) is 4.74 Å². The number of piperazine rings is 1. The molecule has 3 heterocycles. The summed E-state index contributed by atoms with van der Waals surface area (Å²) >= 11 is 0. The van der Waals surface area contributed by atoms with E-state index in [-0.39, 0.29) is 24.9 Å². The Morgan fingerprint density at radius 1 is 1.03 bits per heavy atom. The zero-order chi connectivity index (χ0) is 18.9. The molecular formula is C22H23ClN4O2. The monoisotopic (exact) mass is 410 g/mol. The Balaban J connectivity index is 0.00000205. The van der Waals surface area contributed by atoms with Gasteiger partial charge >= 0.3 is 0 Å². The van der Waals surface area contributed by atoms with E-state index in [0.717, 1.165) is 49.7 Å². The number of rotatable bonds is 3. The summed E-state index contributed by atoms with van der Waals surface area (Å²) in [7, 11) is 0. The average molecular weight is 411 g/mol. The topological polar surface area (TPSA) is 57.7 Å². The Labute approximate surface area is 175 Å². The van der Waals surface area contributed by atoms with Crippen molar-refractivity contribution in [3.63, 3.8) is 0 Å². The molecule has 1 fully saturated rings. The summed E-state index contributed by atoms with van der Waals surface area (Å²) in [5.41, 5.74) is 4.24. The molecule has 29 heavy (non-hydrogen) atoms. The van der Waals surface area contributed by atoms with Crippen LogP contribution in [0.2, 0.25) is 0 Å². The molecule has 1 amide bonds. The molecule has 2 aliphatic rings. The number of aromatic nitrogens is 1. The third kappa shape index (κ3) is 3.99. The number of ether oxygens (including phenoxy) is 1. The van der Waals surface area contributed by atoms with Gasteiger partial charge in [0.25, 0.3) is 5.91 Å². The fourth-order valence-electron chi connectivity index (χ4n) is 3.98. The first-order valence-corrected chi connectivity index (χ1v) is 9.63. The predicted molar refractivity (Wildman–Crippen MR) is 117 cm³/mol. The van der Waals surface area contributed by atoms with E-state index in [1.54, 1.807) is 0 Å². The van der Waals surface area contributed by atoms with Crippen LogP contribution in [0.5, 0.6) is 5.75 Å². The van der Waals surface area contributed by atoms with Gasteiger partial charge in [-0.2, -0.15) is 0 Å². The molecule has 0 bridgehead atoms. The molecule has 0 saturated carbocycles. The van der Waals surface area contributed by atoms with Gasteiger partial charge in [0, 0.05) is 44.3 Å². The number of anilines is 2. The summed E-state index contributed by atoms with van der Waals surface area (Å²) in [6.07, 6.45) is 1.86. The van der Waals surface area contributed by atoms with Gasteiger partial charge in [0.05, 0.1) is 16.9 Å². The van der Waals surface area contributed by atoms with E-state index in [9.17, 15) is 4.79 Å². The number of amides is 1. The van der Waals surface area contributed by atoms with E-state index in [1.165, 1.54) is 16.6 Å². The highest BCUT2D eigenvalue weighted by Gasteiger charge is 2.20. The maximum Gasteiger partial charge on any atom is 0.262 e. The highest BCUT2D eigenvalue weighted by Crippen LogP contribution is 2.29. The number of fused-ring (bicyclic) bond motifs is 2. The molecule has 0 unspecified atom stereocenters. The summed E-state index contributed by atoms with van der Waals surface area (Å²) in [5.74, 6) is 0.651. The second kappa shape index (κ2) is 8.27. The van der Waals surface area contributed by atoms with Gasteiger partial charge in [0.15, 0.2) is 6.61 Å². The third-order valence-corrected chi connectivity index (χ3v) is 5.41. The summed E-state index contributed by atoms with van der Waals surface area (Å²) in [4.78, 5) is 21.0. The molecule has 0 aliphatic carbocycles. The van der Waals surface area contributed by atoms with Crippen molar-refractivity contribution in [2.45, 2.75) is 6.54 Å². The molecule has 5 rings (SSSR count). The largest absolute Gasteiger partial charge is 0.482 e. The smallest absolute Gasteiger partial charge is 0.262 e. The molecule has 1 aromatic heterocycles. The normalized spacial score (nSPS) is 16.6. The van der Waals surface area contributed by atoms with Crippen molar-refractivity contribution in [3.05, 3.63) is 60.3 Å². The Kier molecular flexibility index (Phi) is 5.56. The zero-order valence-corrected chi connectivity index (χ0v) is 16.8. The third-order valence-electron chi connectivity index (χ3n) is 5.41. The lowest BCUT2D eigenvalue weighted by atomic mass is 10.1. The molecule has 0 radical (unpaired) electrons. The fraction of sp³-hybridized carbons (Fsp3) is 0.273. The number of nitrogens with zero attached hydrogens (tertiary/aromatic N) is 3. The molecule has 7 heteroatoms. The SMILES string of the molecule is Cl.O=C1COc2ccc(CN3CCN(c4cccc5cccnc45)CC3)cc2N1. The van der Waals surface area contributed by atoms with Gasteiger partial charge in [-0.1, -0.05) is 24.3 Å². The predicted octanol–water partition coefficient (Wildman–Crippen LogP) is 3.31. The molecule has 0 spiro atoms. The number of hydrogen-bond acceptors (Lipinski definition) is 5. The van der Waals surface area contributed by atoms with Gasteiger partial charge in [-0.3, -0.25) is 14.7 Å². The lowest BCUT2D eigenvalue weighted by Crippen LogP contribution is -2.46. The van der Waals surface area contributed by atoms with Gasteiger partial charge in [-0.25, -0.2) is 0 Å². The number of carbonyl (C=O) groups excluding carboxylic acids is 1. The van der Waals surface area contributed by atoms with Crippen molar-refractivity contribution in [2.24, 2.45) is 0 Å². The first kappa shape index (κ1) is 19.5. The minimum atomic E-state index is -0.0954. The van der Waals surface area contributed by atoms with Crippen LogP contribution < -0.4 is 15.0 Å². The van der Waals surface area contributed by atoms with Crippen LogP contribution in [0.1, 0.15) is 5.56 Å². The van der Waals surface area contributed by atoms with Crippen LogP contribution in [0.3, 0.4) is 0 Å². The van der Waals surface area contributed by atoms with Gasteiger partial charge in [0.1, 0.15) is 5.75 Å². The van der Waals surface area contributed by atoms with E-state index in [1.807, 2.05) is 24.4 Å². The van der Waals surface area contributed by atoms with Crippen LogP contribution in [-0.2, 0) is 11.3 Å². The quantitative estimate of drug-likeness (QED) is 0.717. The van der Waals surface area contributed by atoms with Crippen molar-refractivity contribution in [1.29, 1.82) is 0 Å². The number of halogens is 1. The summed E-state index contributed by atoms with van der Waals surface area (Å²) < 4.78 is 5.44. The summed E-state index contributed by atoms with van der Waals surface area (Å²) in [6, 6.07) is 16.5. The average Bonchev–Trinajstić information content (AvgIpc) is 2.74. The van der Waals surface area contributed by atoms with Crippen LogP contribution in [-0.4, -0.2) is 48.6 Å². The number of para-hydroxylation sites is 1. The minimum Gasteiger partial charge on any atom is -0.482 e. The van der Waals surface area contributed by atoms with Crippen LogP contribution >= 0.6 is 12.4 Å². The second-order valence-corrected chi connectivity index (χ2v) is 7.28. The molecule has 0 atom stereocenters. The summed E-state index contributed by atoms with van der Waals surface area (Å²) in [5, 5.41) is 4.07. The maximum atomic E-state index is 11.5. The number of benzene rings is 2. The standard InChI is InChI=1S/C22H22N4O2.ClH/c27-21-15-28-20-7-6-16(13-18(20)24-21)14-25-9-11-26(12-10-25)19-5-1-3-17-4-2-8-23-22(17)19;/h1-8,13H,9-12,14-15H2,(H,24,27);1H. The van der Waals surface area contributed by atoms with Crippen molar-refractivity contribution < 1.29 is 9.53 Å². The minimum absolute atomic E-state index is 0. The van der Waals surface area contributed by atoms with Crippen molar-refractivity contribution in [2.75, 3.05) is 43.0 Å². The van der Waals surface area contributed by atoms with Gasteiger partial charge < -0.3 is 15.0 Å². The first-order valence-electron chi connectivity index (χ1n) is 9.63. The molecule has 6 nitrogen and oxygen atoms in total. The Morgan fingerprint density at radius 2 is 1.86 bits per heavy atom. The Bertz CT molecular complexity index is 1030. The van der Waals surface area contributed by atoms with E-state index in [0.29, 0.717) is 0 Å². The van der Waals surface area contributed by atoms with E-state index >= 15 is 0 Å². The fourth-order valence-corrected chi connectivity index (χ4v) is 3.98. The van der Waals surface area contributed by atoms with Crippen molar-refractivity contribution in [3.8, 4) is 5.75 Å². The molecule has 1 saturated heterocycles. The first-order chi connectivity index (χ1) is 13.8. The number of hydrogen-bond donors (Lipinski definition) is 1. The molecule has 150 valence electrons. The van der Waals surface area contributed by atoms with E-state index < -0.39 is 0 Å². The lowest BCUT2D eigenvalue weighted by molar-refractivity contribution is -0.118. The van der Waals surface area contributed by atoms with Gasteiger partial charge in [-0.05, 0) is 29.8 Å². The molecule has 2 aliphatic heterocycles.